The fraction of sp³-hybridized carbons (Fsp3) is 0.176. The highest BCUT2D eigenvalue weighted by atomic mass is 16.5. The van der Waals surface area contributed by atoms with E-state index in [2.05, 4.69) is 20.3 Å². The molecule has 0 atom stereocenters. The maximum absolute atomic E-state index is 11.7. The molecular weight excluding hydrogens is 308 g/mol. The second kappa shape index (κ2) is 6.91. The molecule has 0 aliphatic rings. The van der Waals surface area contributed by atoms with Gasteiger partial charge in [-0.15, -0.1) is 0 Å². The van der Waals surface area contributed by atoms with Crippen LogP contribution in [-0.4, -0.2) is 27.5 Å². The van der Waals surface area contributed by atoms with Crippen LogP contribution in [-0.2, 0) is 4.74 Å². The van der Waals surface area contributed by atoms with Crippen LogP contribution in [0.5, 0.6) is 0 Å². The van der Waals surface area contributed by atoms with Crippen LogP contribution in [0, 0.1) is 6.92 Å². The molecule has 0 saturated heterocycles. The number of carbonyl (C=O) groups excluding carboxylic acids is 1. The van der Waals surface area contributed by atoms with Gasteiger partial charge in [0, 0.05) is 11.9 Å². The monoisotopic (exact) mass is 324 g/mol. The number of para-hydroxylation sites is 1. The van der Waals surface area contributed by atoms with Crippen molar-refractivity contribution in [2.24, 2.45) is 0 Å². The Bertz CT molecular complexity index is 846. The van der Waals surface area contributed by atoms with Crippen LogP contribution in [0.1, 0.15) is 23.2 Å². The number of aromatic nitrogens is 3. The molecule has 7 heteroatoms. The molecule has 1 aromatic carbocycles. The first-order valence-corrected chi connectivity index (χ1v) is 7.46. The van der Waals surface area contributed by atoms with Gasteiger partial charge in [-0.2, -0.15) is 0 Å². The number of nitrogens with one attached hydrogen (secondary N) is 1. The summed E-state index contributed by atoms with van der Waals surface area (Å²) in [6.45, 7) is 3.84. The Kier molecular flexibility index (Phi) is 4.51. The second-order valence-corrected chi connectivity index (χ2v) is 4.97. The molecule has 3 aromatic rings. The van der Waals surface area contributed by atoms with E-state index in [1.165, 1.54) is 6.26 Å². The largest absolute Gasteiger partial charge is 0.459 e. The predicted molar refractivity (Wildman–Crippen MR) is 87.9 cm³/mol. The van der Waals surface area contributed by atoms with E-state index >= 15 is 0 Å². The SMILES string of the molecule is CCOC(=O)c1nc(-c2nc(Nc3ccccc3)ncc2C)co1. The standard InChI is InChI=1S/C17H16N4O3/c1-3-23-16(22)15-20-13(10-24-15)14-11(2)9-18-17(21-14)19-12-7-5-4-6-8-12/h4-10H,3H2,1-2H3,(H,18,19,21). The number of nitrogens with zero attached hydrogens (tertiary/aromatic N) is 3. The highest BCUT2D eigenvalue weighted by Gasteiger charge is 2.17. The number of carbonyl (C=O) groups is 1. The van der Waals surface area contributed by atoms with Crippen LogP contribution < -0.4 is 5.32 Å². The van der Waals surface area contributed by atoms with E-state index in [-0.39, 0.29) is 12.5 Å². The Balaban J connectivity index is 1.88. The summed E-state index contributed by atoms with van der Waals surface area (Å²) in [4.78, 5) is 24.5. The molecular formula is C17H16N4O3. The first-order valence-electron chi connectivity index (χ1n) is 7.46. The van der Waals surface area contributed by atoms with Crippen LogP contribution in [0.15, 0.2) is 47.2 Å². The zero-order chi connectivity index (χ0) is 16.9. The molecule has 0 saturated carbocycles. The minimum atomic E-state index is -0.599. The lowest BCUT2D eigenvalue weighted by Crippen LogP contribution is -2.05. The summed E-state index contributed by atoms with van der Waals surface area (Å²) in [7, 11) is 0. The van der Waals surface area contributed by atoms with Crippen molar-refractivity contribution in [3.63, 3.8) is 0 Å². The maximum atomic E-state index is 11.7. The molecule has 1 N–H and O–H groups in total. The van der Waals surface area contributed by atoms with Gasteiger partial charge in [-0.25, -0.2) is 19.7 Å². The average molecular weight is 324 g/mol. The van der Waals surface area contributed by atoms with Crippen molar-refractivity contribution in [3.05, 3.63) is 54.2 Å². The Labute approximate surface area is 138 Å². The summed E-state index contributed by atoms with van der Waals surface area (Å²) in [5.41, 5.74) is 2.73. The van der Waals surface area contributed by atoms with Crippen LogP contribution in [0.3, 0.4) is 0 Å². The van der Waals surface area contributed by atoms with Gasteiger partial charge < -0.3 is 14.5 Å². The summed E-state index contributed by atoms with van der Waals surface area (Å²) in [5.74, 6) is -0.261. The lowest BCUT2D eigenvalue weighted by Gasteiger charge is -2.07. The summed E-state index contributed by atoms with van der Waals surface area (Å²) < 4.78 is 10.0. The molecule has 7 nitrogen and oxygen atoms in total. The molecule has 0 spiro atoms. The number of hydrogen-bond acceptors (Lipinski definition) is 7. The molecule has 0 unspecified atom stereocenters. The van der Waals surface area contributed by atoms with Gasteiger partial charge in [0.2, 0.25) is 5.95 Å². The van der Waals surface area contributed by atoms with Crippen molar-refractivity contribution in [1.82, 2.24) is 15.0 Å². The van der Waals surface area contributed by atoms with Gasteiger partial charge in [0.05, 0.1) is 6.61 Å². The number of oxazole rings is 1. The van der Waals surface area contributed by atoms with Crippen molar-refractivity contribution in [3.8, 4) is 11.4 Å². The van der Waals surface area contributed by atoms with E-state index in [1.807, 2.05) is 37.3 Å². The van der Waals surface area contributed by atoms with E-state index in [0.717, 1.165) is 11.3 Å². The number of benzene rings is 1. The third-order valence-corrected chi connectivity index (χ3v) is 3.20. The maximum Gasteiger partial charge on any atom is 0.394 e. The quantitative estimate of drug-likeness (QED) is 0.720. The van der Waals surface area contributed by atoms with Crippen LogP contribution >= 0.6 is 0 Å². The highest BCUT2D eigenvalue weighted by Crippen LogP contribution is 2.22. The number of rotatable bonds is 5. The molecule has 2 heterocycles. The lowest BCUT2D eigenvalue weighted by molar-refractivity contribution is 0.0481. The second-order valence-electron chi connectivity index (χ2n) is 4.97. The van der Waals surface area contributed by atoms with Crippen LogP contribution in [0.2, 0.25) is 0 Å². The summed E-state index contributed by atoms with van der Waals surface area (Å²) in [5, 5.41) is 3.12. The van der Waals surface area contributed by atoms with E-state index in [0.29, 0.717) is 17.3 Å². The van der Waals surface area contributed by atoms with Crippen molar-refractivity contribution in [1.29, 1.82) is 0 Å². The Morgan fingerprint density at radius 1 is 1.25 bits per heavy atom. The Morgan fingerprint density at radius 2 is 2.04 bits per heavy atom. The Morgan fingerprint density at radius 3 is 2.79 bits per heavy atom. The van der Waals surface area contributed by atoms with Crippen molar-refractivity contribution >= 4 is 17.6 Å². The molecule has 3 rings (SSSR count). The first kappa shape index (κ1) is 15.7. The topological polar surface area (TPSA) is 90.1 Å². The molecule has 0 aliphatic heterocycles. The fourth-order valence-corrected chi connectivity index (χ4v) is 2.08. The minimum absolute atomic E-state index is 0.0950. The number of aryl methyl sites for hydroxylation is 1. The highest BCUT2D eigenvalue weighted by molar-refractivity contribution is 5.85. The number of hydrogen-bond donors (Lipinski definition) is 1. The van der Waals surface area contributed by atoms with Gasteiger partial charge in [-0.05, 0) is 31.5 Å². The number of anilines is 2. The van der Waals surface area contributed by atoms with E-state index in [9.17, 15) is 4.79 Å². The average Bonchev–Trinajstić information content (AvgIpc) is 3.08. The lowest BCUT2D eigenvalue weighted by atomic mass is 10.2. The van der Waals surface area contributed by atoms with Gasteiger partial charge in [-0.3, -0.25) is 0 Å². The van der Waals surface area contributed by atoms with Gasteiger partial charge in [0.25, 0.3) is 0 Å². The van der Waals surface area contributed by atoms with Crippen molar-refractivity contribution < 1.29 is 13.9 Å². The molecule has 2 aromatic heterocycles. The first-order chi connectivity index (χ1) is 11.7. The van der Waals surface area contributed by atoms with E-state index in [4.69, 9.17) is 9.15 Å². The number of ether oxygens (including phenoxy) is 1. The summed E-state index contributed by atoms with van der Waals surface area (Å²) in [6, 6.07) is 9.59. The fourth-order valence-electron chi connectivity index (χ4n) is 2.08. The van der Waals surface area contributed by atoms with Gasteiger partial charge in [0.1, 0.15) is 17.7 Å². The zero-order valence-electron chi connectivity index (χ0n) is 13.3. The molecule has 24 heavy (non-hydrogen) atoms. The third-order valence-electron chi connectivity index (χ3n) is 3.20. The van der Waals surface area contributed by atoms with Gasteiger partial charge >= 0.3 is 11.9 Å². The van der Waals surface area contributed by atoms with E-state index < -0.39 is 5.97 Å². The minimum Gasteiger partial charge on any atom is -0.459 e. The summed E-state index contributed by atoms with van der Waals surface area (Å²) >= 11 is 0. The molecule has 122 valence electrons. The molecule has 0 bridgehead atoms. The summed E-state index contributed by atoms with van der Waals surface area (Å²) in [6.07, 6.45) is 3.07. The van der Waals surface area contributed by atoms with Gasteiger partial charge in [-0.1, -0.05) is 18.2 Å². The van der Waals surface area contributed by atoms with Crippen LogP contribution in [0.25, 0.3) is 11.4 Å². The molecule has 0 aliphatic carbocycles. The molecule has 0 radical (unpaired) electrons. The molecule has 0 amide bonds. The number of esters is 1. The predicted octanol–water partition coefficient (Wildman–Crippen LogP) is 3.36. The van der Waals surface area contributed by atoms with Gasteiger partial charge in [0.15, 0.2) is 0 Å². The zero-order valence-corrected chi connectivity index (χ0v) is 13.3. The third kappa shape index (κ3) is 3.40. The normalized spacial score (nSPS) is 10.4. The Hall–Kier alpha value is -3.22. The smallest absolute Gasteiger partial charge is 0.394 e. The van der Waals surface area contributed by atoms with Crippen molar-refractivity contribution in [2.75, 3.05) is 11.9 Å². The van der Waals surface area contributed by atoms with Crippen molar-refractivity contribution in [2.45, 2.75) is 13.8 Å². The van der Waals surface area contributed by atoms with E-state index in [1.54, 1.807) is 13.1 Å². The molecule has 0 fully saturated rings. The van der Waals surface area contributed by atoms with Crippen LogP contribution in [0.4, 0.5) is 11.6 Å².